The van der Waals surface area contributed by atoms with Crippen molar-refractivity contribution in [2.45, 2.75) is 37.8 Å². The van der Waals surface area contributed by atoms with Gasteiger partial charge in [0, 0.05) is 12.1 Å². The van der Waals surface area contributed by atoms with Crippen molar-refractivity contribution in [3.05, 3.63) is 71.8 Å². The largest absolute Gasteiger partial charge is 0.351 e. The lowest BCUT2D eigenvalue weighted by molar-refractivity contribution is -0.122. The minimum atomic E-state index is -0.258. The quantitative estimate of drug-likeness (QED) is 0.911. The number of rotatable bonds is 4. The van der Waals surface area contributed by atoms with Crippen LogP contribution in [0.25, 0.3) is 0 Å². The fourth-order valence-electron chi connectivity index (χ4n) is 3.29. The van der Waals surface area contributed by atoms with E-state index < -0.39 is 0 Å². The average molecular weight is 308 g/mol. The molecule has 23 heavy (non-hydrogen) atoms. The summed E-state index contributed by atoms with van der Waals surface area (Å²) < 4.78 is 0. The summed E-state index contributed by atoms with van der Waals surface area (Å²) in [6.45, 7) is 3.18. The number of benzene rings is 2. The van der Waals surface area contributed by atoms with Crippen LogP contribution in [0.3, 0.4) is 0 Å². The molecule has 3 rings (SSSR count). The molecule has 0 aromatic heterocycles. The average Bonchev–Trinajstić information content (AvgIpc) is 2.59. The van der Waals surface area contributed by atoms with Crippen molar-refractivity contribution in [1.82, 2.24) is 10.6 Å². The summed E-state index contributed by atoms with van der Waals surface area (Å²) in [7, 11) is 0. The van der Waals surface area contributed by atoms with Gasteiger partial charge in [-0.1, -0.05) is 60.7 Å². The second kappa shape index (κ2) is 7.42. The van der Waals surface area contributed by atoms with E-state index in [4.69, 9.17) is 0 Å². The molecule has 1 aliphatic rings. The van der Waals surface area contributed by atoms with Crippen molar-refractivity contribution < 1.29 is 4.79 Å². The second-order valence-electron chi connectivity index (χ2n) is 6.25. The van der Waals surface area contributed by atoms with Gasteiger partial charge in [-0.2, -0.15) is 0 Å². The third-order valence-corrected chi connectivity index (χ3v) is 4.62. The van der Waals surface area contributed by atoms with Crippen LogP contribution in [0.1, 0.15) is 36.8 Å². The zero-order valence-electron chi connectivity index (χ0n) is 13.5. The van der Waals surface area contributed by atoms with E-state index in [1.54, 1.807) is 0 Å². The summed E-state index contributed by atoms with van der Waals surface area (Å²) in [6.07, 6.45) is 2.15. The van der Waals surface area contributed by atoms with Crippen LogP contribution in [0.4, 0.5) is 0 Å². The molecule has 0 radical (unpaired) electrons. The molecule has 3 nitrogen and oxygen atoms in total. The summed E-state index contributed by atoms with van der Waals surface area (Å²) in [5.74, 6) is -0.172. The van der Waals surface area contributed by atoms with Gasteiger partial charge in [-0.25, -0.2) is 0 Å². The molecule has 2 N–H and O–H groups in total. The number of carbonyl (C=O) groups is 1. The molecule has 0 aliphatic carbocycles. The van der Waals surface area contributed by atoms with Crippen molar-refractivity contribution >= 4 is 5.91 Å². The molecule has 0 spiro atoms. The Bertz CT molecular complexity index is 587. The molecule has 1 amide bonds. The summed E-state index contributed by atoms with van der Waals surface area (Å²) in [5, 5.41) is 6.71. The standard InChI is InChI=1S/C20H24N2O/c1-15-18(13-8-14-21-15)22-20(23)19(16-9-4-2-5-10-16)17-11-6-3-7-12-17/h2-7,9-12,15,18-19,21H,8,13-14H2,1H3,(H,22,23). The molecule has 1 heterocycles. The van der Waals surface area contributed by atoms with Crippen LogP contribution in [0, 0.1) is 0 Å². The third-order valence-electron chi connectivity index (χ3n) is 4.62. The van der Waals surface area contributed by atoms with Crippen LogP contribution >= 0.6 is 0 Å². The second-order valence-corrected chi connectivity index (χ2v) is 6.25. The maximum atomic E-state index is 13.0. The smallest absolute Gasteiger partial charge is 0.232 e. The van der Waals surface area contributed by atoms with E-state index in [0.717, 1.165) is 30.5 Å². The van der Waals surface area contributed by atoms with Crippen LogP contribution in [0.2, 0.25) is 0 Å². The van der Waals surface area contributed by atoms with Gasteiger partial charge in [-0.05, 0) is 37.4 Å². The number of hydrogen-bond donors (Lipinski definition) is 2. The molecule has 2 unspecified atom stereocenters. The van der Waals surface area contributed by atoms with Gasteiger partial charge in [0.25, 0.3) is 0 Å². The van der Waals surface area contributed by atoms with Gasteiger partial charge < -0.3 is 10.6 Å². The van der Waals surface area contributed by atoms with E-state index in [2.05, 4.69) is 17.6 Å². The highest BCUT2D eigenvalue weighted by Crippen LogP contribution is 2.25. The van der Waals surface area contributed by atoms with Crippen LogP contribution in [0.5, 0.6) is 0 Å². The fraction of sp³-hybridized carbons (Fsp3) is 0.350. The van der Waals surface area contributed by atoms with Crippen LogP contribution in [-0.4, -0.2) is 24.5 Å². The van der Waals surface area contributed by atoms with Gasteiger partial charge in [0.2, 0.25) is 5.91 Å². The number of nitrogens with one attached hydrogen (secondary N) is 2. The van der Waals surface area contributed by atoms with Gasteiger partial charge in [0.05, 0.1) is 5.92 Å². The Balaban J connectivity index is 1.85. The van der Waals surface area contributed by atoms with Crippen molar-refractivity contribution in [3.8, 4) is 0 Å². The summed E-state index contributed by atoms with van der Waals surface area (Å²) in [6, 6.07) is 20.6. The van der Waals surface area contributed by atoms with E-state index in [-0.39, 0.29) is 17.9 Å². The maximum absolute atomic E-state index is 13.0. The number of carbonyl (C=O) groups excluding carboxylic acids is 1. The maximum Gasteiger partial charge on any atom is 0.232 e. The molecule has 2 atom stereocenters. The van der Waals surface area contributed by atoms with Crippen molar-refractivity contribution in [3.63, 3.8) is 0 Å². The molecule has 1 aliphatic heterocycles. The van der Waals surface area contributed by atoms with E-state index in [1.165, 1.54) is 0 Å². The lowest BCUT2D eigenvalue weighted by atomic mass is 9.89. The first kappa shape index (κ1) is 15.8. The minimum absolute atomic E-state index is 0.0861. The van der Waals surface area contributed by atoms with Gasteiger partial charge >= 0.3 is 0 Å². The zero-order valence-corrected chi connectivity index (χ0v) is 13.5. The Kier molecular flexibility index (Phi) is 5.09. The SMILES string of the molecule is CC1NCCCC1NC(=O)C(c1ccccc1)c1ccccc1. The predicted molar refractivity (Wildman–Crippen MR) is 93.4 cm³/mol. The lowest BCUT2D eigenvalue weighted by Gasteiger charge is -2.32. The van der Waals surface area contributed by atoms with E-state index >= 15 is 0 Å². The normalized spacial score (nSPS) is 21.1. The molecular weight excluding hydrogens is 284 g/mol. The first-order valence-corrected chi connectivity index (χ1v) is 8.39. The molecule has 2 aromatic carbocycles. The van der Waals surface area contributed by atoms with Crippen molar-refractivity contribution in [2.75, 3.05) is 6.54 Å². The van der Waals surface area contributed by atoms with Gasteiger partial charge in [0.1, 0.15) is 0 Å². The van der Waals surface area contributed by atoms with E-state index in [9.17, 15) is 4.79 Å². The summed E-state index contributed by atoms with van der Waals surface area (Å²) in [4.78, 5) is 13.0. The first-order chi connectivity index (χ1) is 11.3. The fourth-order valence-corrected chi connectivity index (χ4v) is 3.29. The summed E-state index contributed by atoms with van der Waals surface area (Å²) >= 11 is 0. The Morgan fingerprint density at radius 3 is 2.13 bits per heavy atom. The van der Waals surface area contributed by atoms with E-state index in [1.807, 2.05) is 60.7 Å². The van der Waals surface area contributed by atoms with Crippen molar-refractivity contribution in [1.29, 1.82) is 0 Å². The predicted octanol–water partition coefficient (Wildman–Crippen LogP) is 3.08. The number of hydrogen-bond acceptors (Lipinski definition) is 2. The molecule has 1 saturated heterocycles. The topological polar surface area (TPSA) is 41.1 Å². The Hall–Kier alpha value is -2.13. The van der Waals surface area contributed by atoms with Gasteiger partial charge in [-0.3, -0.25) is 4.79 Å². The molecule has 3 heteroatoms. The Morgan fingerprint density at radius 1 is 1.04 bits per heavy atom. The molecule has 2 aromatic rings. The molecular formula is C20H24N2O. The van der Waals surface area contributed by atoms with Crippen LogP contribution in [-0.2, 0) is 4.79 Å². The number of amides is 1. The lowest BCUT2D eigenvalue weighted by Crippen LogP contribution is -2.52. The van der Waals surface area contributed by atoms with Crippen LogP contribution < -0.4 is 10.6 Å². The molecule has 0 bridgehead atoms. The Labute approximate surface area is 138 Å². The highest BCUT2D eigenvalue weighted by molar-refractivity contribution is 5.87. The van der Waals surface area contributed by atoms with E-state index in [0.29, 0.717) is 6.04 Å². The zero-order chi connectivity index (χ0) is 16.1. The van der Waals surface area contributed by atoms with Crippen LogP contribution in [0.15, 0.2) is 60.7 Å². The van der Waals surface area contributed by atoms with Gasteiger partial charge in [-0.15, -0.1) is 0 Å². The molecule has 1 fully saturated rings. The molecule has 0 saturated carbocycles. The monoisotopic (exact) mass is 308 g/mol. The summed E-state index contributed by atoms with van der Waals surface area (Å²) in [5.41, 5.74) is 2.07. The van der Waals surface area contributed by atoms with Crippen molar-refractivity contribution in [2.24, 2.45) is 0 Å². The third kappa shape index (κ3) is 3.80. The highest BCUT2D eigenvalue weighted by Gasteiger charge is 2.28. The van der Waals surface area contributed by atoms with Gasteiger partial charge in [0.15, 0.2) is 0 Å². The number of piperidine rings is 1. The highest BCUT2D eigenvalue weighted by atomic mass is 16.2. The minimum Gasteiger partial charge on any atom is -0.351 e. The molecule has 120 valence electrons. The Morgan fingerprint density at radius 2 is 1.61 bits per heavy atom. The first-order valence-electron chi connectivity index (χ1n) is 8.39.